The first-order valence-electron chi connectivity index (χ1n) is 24.4. The van der Waals surface area contributed by atoms with E-state index in [1.165, 1.54) is 4.90 Å². The van der Waals surface area contributed by atoms with Crippen molar-refractivity contribution in [2.75, 3.05) is 6.54 Å². The Morgan fingerprint density at radius 3 is 1.64 bits per heavy atom. The lowest BCUT2D eigenvalue weighted by Gasteiger charge is -2.64. The Morgan fingerprint density at radius 2 is 1.16 bits per heavy atom. The van der Waals surface area contributed by atoms with Crippen molar-refractivity contribution in [1.82, 2.24) is 9.80 Å². The van der Waals surface area contributed by atoms with Crippen LogP contribution in [0.4, 0.5) is 0 Å². The van der Waals surface area contributed by atoms with Gasteiger partial charge in [0.2, 0.25) is 0 Å². The number of unbranched alkanes of at least 4 members (excludes halogenated alkanes) is 1. The molecule has 4 aliphatic carbocycles. The molecule has 12 nitrogen and oxygen atoms in total. The lowest BCUT2D eigenvalue weighted by molar-refractivity contribution is -0.210. The van der Waals surface area contributed by atoms with Crippen LogP contribution in [0, 0.1) is 45.3 Å². The fourth-order valence-electron chi connectivity index (χ4n) is 16.1. The number of amides is 2. The molecule has 64 heavy (non-hydrogen) atoms. The van der Waals surface area contributed by atoms with Gasteiger partial charge in [-0.2, -0.15) is 0 Å². The number of benzene rings is 2. The van der Waals surface area contributed by atoms with Crippen LogP contribution in [0.5, 0.6) is 23.0 Å². The number of hydrogen-bond donors (Lipinski definition) is 5. The molecule has 11 atom stereocenters. The van der Waals surface area contributed by atoms with Crippen molar-refractivity contribution in [2.24, 2.45) is 45.3 Å². The number of carboxylic acids is 1. The summed E-state index contributed by atoms with van der Waals surface area (Å²) in [6.07, 6.45) is 8.31. The molecule has 0 aromatic heterocycles. The van der Waals surface area contributed by atoms with E-state index in [2.05, 4.69) is 55.4 Å². The van der Waals surface area contributed by atoms with Gasteiger partial charge in [-0.3, -0.25) is 9.59 Å². The van der Waals surface area contributed by atoms with Gasteiger partial charge in [-0.25, -0.2) is 4.79 Å². The number of ether oxygens (including phenoxy) is 2. The molecule has 2 aromatic rings. The molecule has 4 saturated carbocycles. The summed E-state index contributed by atoms with van der Waals surface area (Å²) in [5.74, 6) is 0.345. The van der Waals surface area contributed by atoms with Crippen molar-refractivity contribution in [2.45, 2.75) is 181 Å². The van der Waals surface area contributed by atoms with Gasteiger partial charge in [0.05, 0.1) is 36.4 Å². The Morgan fingerprint density at radius 1 is 0.688 bits per heavy atom. The van der Waals surface area contributed by atoms with E-state index in [1.807, 2.05) is 6.07 Å². The highest BCUT2D eigenvalue weighted by molar-refractivity contribution is 6.02. The summed E-state index contributed by atoms with van der Waals surface area (Å²) >= 11 is 0. The van der Waals surface area contributed by atoms with Crippen molar-refractivity contribution >= 4 is 17.8 Å². The number of fused-ring (bicyclic) bond motifs is 8. The van der Waals surface area contributed by atoms with E-state index in [4.69, 9.17) is 9.47 Å². The van der Waals surface area contributed by atoms with E-state index in [1.54, 1.807) is 11.0 Å². The molecular weight excluding hydrogens is 813 g/mol. The molecule has 5 N–H and O–H groups in total. The summed E-state index contributed by atoms with van der Waals surface area (Å²) < 4.78 is 14.0. The van der Waals surface area contributed by atoms with Crippen LogP contribution in [0.15, 0.2) is 12.1 Å². The number of aliphatic hydroxyl groups is 2. The zero-order valence-electron chi connectivity index (χ0n) is 39.2. The first kappa shape index (κ1) is 43.8. The van der Waals surface area contributed by atoms with E-state index in [9.17, 15) is 39.9 Å². The zero-order valence-corrected chi connectivity index (χ0v) is 39.2. The third-order valence-corrected chi connectivity index (χ3v) is 20.1. The number of carboxylic acid groups (broad SMARTS) is 1. The zero-order chi connectivity index (χ0) is 45.8. The molecular formula is C52H70N2O10. The number of nitrogens with zero attached hydrogens (tertiary/aromatic N) is 2. The number of aromatic hydroxyl groups is 2. The second kappa shape index (κ2) is 14.2. The highest BCUT2D eigenvalue weighted by atomic mass is 16.5. The van der Waals surface area contributed by atoms with Gasteiger partial charge >= 0.3 is 5.97 Å². The summed E-state index contributed by atoms with van der Waals surface area (Å²) in [4.78, 5) is 43.8. The minimum atomic E-state index is -1.13. The van der Waals surface area contributed by atoms with Crippen molar-refractivity contribution in [3.8, 4) is 23.0 Å². The normalized spacial score (nSPS) is 38.0. The predicted molar refractivity (Wildman–Crippen MR) is 238 cm³/mol. The second-order valence-electron chi connectivity index (χ2n) is 23.5. The van der Waals surface area contributed by atoms with Crippen LogP contribution < -0.4 is 9.47 Å². The summed E-state index contributed by atoms with van der Waals surface area (Å²) in [7, 11) is 0. The van der Waals surface area contributed by atoms with Crippen LogP contribution in [0.25, 0.3) is 0 Å². The number of hydrogen-bond acceptors (Lipinski definition) is 9. The lowest BCUT2D eigenvalue weighted by Crippen LogP contribution is -2.66. The Hall–Kier alpha value is -4.03. The predicted octanol–water partition coefficient (Wildman–Crippen LogP) is 8.15. The van der Waals surface area contributed by atoms with Crippen molar-refractivity contribution in [1.29, 1.82) is 0 Å². The molecule has 0 unspecified atom stereocenters. The Kier molecular flexibility index (Phi) is 9.75. The summed E-state index contributed by atoms with van der Waals surface area (Å²) in [5.41, 5.74) is 1.01. The number of phenols is 2. The van der Waals surface area contributed by atoms with E-state index in [0.29, 0.717) is 78.8 Å². The molecule has 4 fully saturated rings. The molecule has 8 aliphatic rings. The Labute approximate surface area is 377 Å². The summed E-state index contributed by atoms with van der Waals surface area (Å²) in [5, 5.41) is 56.2. The highest BCUT2D eigenvalue weighted by Crippen LogP contribution is 2.69. The minimum absolute atomic E-state index is 0.0164. The van der Waals surface area contributed by atoms with Crippen LogP contribution in [0.2, 0.25) is 0 Å². The van der Waals surface area contributed by atoms with Crippen LogP contribution in [-0.2, 0) is 30.7 Å². The van der Waals surface area contributed by atoms with E-state index in [-0.39, 0.29) is 93.9 Å². The monoisotopic (exact) mass is 883 g/mol. The molecule has 0 radical (unpaired) electrons. The molecule has 2 amide bonds. The van der Waals surface area contributed by atoms with Gasteiger partial charge < -0.3 is 44.8 Å². The van der Waals surface area contributed by atoms with Crippen LogP contribution >= 0.6 is 0 Å². The molecule has 348 valence electrons. The maximum atomic E-state index is 14.1. The number of aliphatic carboxylic acids is 1. The number of carbonyl (C=O) groups is 3. The number of aliphatic hydroxyl groups excluding tert-OH is 2. The van der Waals surface area contributed by atoms with Gasteiger partial charge in [0, 0.05) is 52.5 Å². The molecule has 10 rings (SSSR count). The van der Waals surface area contributed by atoms with Crippen molar-refractivity contribution < 1.29 is 49.4 Å². The van der Waals surface area contributed by atoms with Gasteiger partial charge in [-0.1, -0.05) is 55.4 Å². The van der Waals surface area contributed by atoms with Gasteiger partial charge in [-0.05, 0) is 117 Å². The van der Waals surface area contributed by atoms with Gasteiger partial charge in [0.1, 0.15) is 40.2 Å². The standard InChI is InChI=1S/C52H70N2O10/c1-27-12-14-38-47(3,4)40(55)16-18-49(38,7)51(27)23-31-36(63-51)21-29-33(42(31)57)25-53(44(29)59)20-10-9-11-35(46(61)62)54-26-34-30(45(54)60)22-37-32(43(34)58)24-52(64-37)28(2)13-15-39-48(5,6)41(56)17-19-50(39,52)8/h21-22,27-28,35,38-41,55-58H,9-20,23-26H2,1-8H3,(H,61,62)/t27-,28-,35+,38+,39-,40-,41+,49-,50-,51+,52+/m0/s1. The van der Waals surface area contributed by atoms with Crippen molar-refractivity contribution in [3.05, 3.63) is 45.5 Å². The average Bonchev–Trinajstić information content (AvgIpc) is 4.00. The first-order valence-corrected chi connectivity index (χ1v) is 24.4. The maximum absolute atomic E-state index is 14.1. The van der Waals surface area contributed by atoms with Gasteiger partial charge in [-0.15, -0.1) is 0 Å². The molecule has 2 spiro atoms. The topological polar surface area (TPSA) is 177 Å². The molecule has 0 saturated heterocycles. The minimum Gasteiger partial charge on any atom is -0.507 e. The third-order valence-electron chi connectivity index (χ3n) is 20.1. The fourth-order valence-corrected chi connectivity index (χ4v) is 16.1. The van der Waals surface area contributed by atoms with E-state index >= 15 is 0 Å². The highest BCUT2D eigenvalue weighted by Gasteiger charge is 2.69. The molecule has 4 heterocycles. The summed E-state index contributed by atoms with van der Waals surface area (Å²) in [6.45, 7) is 18.3. The quantitative estimate of drug-likeness (QED) is 0.171. The van der Waals surface area contributed by atoms with Crippen LogP contribution in [0.3, 0.4) is 0 Å². The number of phenolic OH excluding ortho intramolecular Hbond substituents is 2. The number of rotatable bonds is 7. The SMILES string of the molecule is C[C@H]1CC[C@@H]2C(C)(C)[C@@H](O)CC[C@]2(C)[C@@]12Cc1c(cc3c(c1O)CN(CCCC[C@H](C(=O)O)N1Cc4c(cc5c(c4O)C[C@@]4(O5)[C@@H](C)CC[C@H]5C(C)(C)[C@H](O)CC[C@@]54C)C1=O)C3=O)O2. The van der Waals surface area contributed by atoms with E-state index < -0.39 is 35.2 Å². The Bertz CT molecular complexity index is 2340. The fraction of sp³-hybridized carbons (Fsp3) is 0.712. The molecule has 2 aromatic carbocycles. The Balaban J connectivity index is 0.801. The summed E-state index contributed by atoms with van der Waals surface area (Å²) in [6, 6.07) is 2.43. The number of carbonyl (C=O) groups excluding carboxylic acids is 2. The maximum Gasteiger partial charge on any atom is 0.326 e. The third kappa shape index (κ3) is 5.62. The second-order valence-corrected chi connectivity index (χ2v) is 23.5. The van der Waals surface area contributed by atoms with Crippen molar-refractivity contribution in [3.63, 3.8) is 0 Å². The molecule has 4 aliphatic heterocycles. The van der Waals surface area contributed by atoms with E-state index in [0.717, 1.165) is 44.1 Å². The molecule has 12 heteroatoms. The average molecular weight is 883 g/mol. The smallest absolute Gasteiger partial charge is 0.326 e. The largest absolute Gasteiger partial charge is 0.507 e. The van der Waals surface area contributed by atoms with Gasteiger partial charge in [0.15, 0.2) is 0 Å². The lowest BCUT2D eigenvalue weighted by atomic mass is 9.43. The van der Waals surface area contributed by atoms with Gasteiger partial charge in [0.25, 0.3) is 11.8 Å². The van der Waals surface area contributed by atoms with Crippen LogP contribution in [-0.4, -0.2) is 89.1 Å². The van der Waals surface area contributed by atoms with Crippen LogP contribution in [0.1, 0.15) is 169 Å². The first-order chi connectivity index (χ1) is 30.0. The molecule has 0 bridgehead atoms.